The van der Waals surface area contributed by atoms with E-state index in [4.69, 9.17) is 9.90 Å². The number of carboxylic acid groups (broad SMARTS) is 1. The molecule has 1 atom stereocenters. The van der Waals surface area contributed by atoms with E-state index < -0.39 is 29.4 Å². The molecule has 8 nitrogen and oxygen atoms in total. The van der Waals surface area contributed by atoms with Gasteiger partial charge in [0.25, 0.3) is 0 Å². The largest absolute Gasteiger partial charge is 0.542 e. The van der Waals surface area contributed by atoms with Crippen LogP contribution in [-0.2, 0) is 15.8 Å². The molecule has 1 fully saturated rings. The number of hydrogen-bond acceptors (Lipinski definition) is 8. The van der Waals surface area contributed by atoms with Gasteiger partial charge in [-0.25, -0.2) is 10.3 Å². The maximum atomic E-state index is 13.2. The third-order valence-corrected chi connectivity index (χ3v) is 7.28. The molecule has 0 bridgehead atoms. The number of rotatable bonds is 5. The fraction of sp³-hybridized carbons (Fsp3) is 0.385. The Bertz CT molecular complexity index is 1450. The molecule has 0 aliphatic heterocycles. The van der Waals surface area contributed by atoms with Gasteiger partial charge < -0.3 is 9.90 Å². The number of aromatic nitrogens is 3. The van der Waals surface area contributed by atoms with Gasteiger partial charge in [-0.1, -0.05) is 19.9 Å². The number of carboxylic acids is 1. The summed E-state index contributed by atoms with van der Waals surface area (Å²) in [7, 11) is 0. The average molecular weight is 603 g/mol. The van der Waals surface area contributed by atoms with Crippen LogP contribution in [0.15, 0.2) is 36.7 Å². The zero-order valence-corrected chi connectivity index (χ0v) is 22.7. The Balaban J connectivity index is 0.000000587. The fourth-order valence-electron chi connectivity index (χ4n) is 4.36. The van der Waals surface area contributed by atoms with Gasteiger partial charge in [0.1, 0.15) is 17.4 Å². The minimum Gasteiger partial charge on any atom is -0.542 e. The lowest BCUT2D eigenvalue weighted by atomic mass is 9.67. The second-order valence-corrected chi connectivity index (χ2v) is 11.1. The number of alkyl halides is 6. The Hall–Kier alpha value is -3.72. The monoisotopic (exact) mass is 602 g/mol. The molecule has 0 amide bonds. The molecule has 15 heteroatoms. The molecular weight excluding hydrogens is 578 g/mol. The minimum absolute atomic E-state index is 0.0411. The number of halogens is 6. The summed E-state index contributed by atoms with van der Waals surface area (Å²) >= 11 is 1.28. The fourth-order valence-corrected chi connectivity index (χ4v) is 5.26. The third-order valence-electron chi connectivity index (χ3n) is 6.22. The Labute approximate surface area is 233 Å². The van der Waals surface area contributed by atoms with Crippen molar-refractivity contribution in [3.05, 3.63) is 52.9 Å². The number of carbonyl (C=O) groups is 3. The number of benzene rings is 1. The molecule has 3 aromatic rings. The molecule has 220 valence electrons. The Kier molecular flexibility index (Phi) is 9.33. The lowest BCUT2D eigenvalue weighted by Crippen LogP contribution is -2.72. The molecule has 0 spiro atoms. The van der Waals surface area contributed by atoms with Gasteiger partial charge in [0, 0.05) is 43.3 Å². The highest BCUT2D eigenvalue weighted by Gasteiger charge is 2.41. The predicted molar refractivity (Wildman–Crippen MR) is 132 cm³/mol. The molecule has 41 heavy (non-hydrogen) atoms. The van der Waals surface area contributed by atoms with Crippen LogP contribution in [0.5, 0.6) is 0 Å². The number of carbonyl (C=O) groups excluding carboxylic acids is 3. The first-order valence-electron chi connectivity index (χ1n) is 12.0. The molecular formula is C26H24F6N4O4S. The molecule has 0 saturated heterocycles. The minimum atomic E-state index is -5.19. The lowest BCUT2D eigenvalue weighted by Gasteiger charge is -2.36. The zero-order chi connectivity index (χ0) is 30.8. The van der Waals surface area contributed by atoms with Crippen molar-refractivity contribution < 1.29 is 51.1 Å². The van der Waals surface area contributed by atoms with Crippen molar-refractivity contribution >= 4 is 40.5 Å². The van der Waals surface area contributed by atoms with Crippen molar-refractivity contribution in [3.8, 4) is 10.4 Å². The van der Waals surface area contributed by atoms with Crippen molar-refractivity contribution in [2.45, 2.75) is 52.4 Å². The van der Waals surface area contributed by atoms with Gasteiger partial charge in [-0.15, -0.1) is 11.3 Å². The first-order chi connectivity index (χ1) is 18.9. The molecule has 1 saturated carbocycles. The Morgan fingerprint density at radius 2 is 1.76 bits per heavy atom. The normalized spacial score (nSPS) is 17.0. The average Bonchev–Trinajstić information content (AvgIpc) is 3.33. The molecule has 2 N–H and O–H groups in total. The topological polar surface area (TPSA) is 130 Å². The van der Waals surface area contributed by atoms with Crippen molar-refractivity contribution in [1.29, 1.82) is 0 Å². The van der Waals surface area contributed by atoms with Gasteiger partial charge >= 0.3 is 18.3 Å². The molecule has 1 aliphatic rings. The number of thiazole rings is 1. The summed E-state index contributed by atoms with van der Waals surface area (Å²) in [6, 6.07) is 6.39. The summed E-state index contributed by atoms with van der Waals surface area (Å²) in [6.45, 7) is 5.77. The quantitative estimate of drug-likeness (QED) is 0.262. The smallest absolute Gasteiger partial charge is 0.433 e. The van der Waals surface area contributed by atoms with Crippen LogP contribution in [0.4, 0.5) is 38.0 Å². The summed E-state index contributed by atoms with van der Waals surface area (Å²) in [4.78, 5) is 46.5. The predicted octanol–water partition coefficient (Wildman–Crippen LogP) is 4.33. The maximum Gasteiger partial charge on any atom is 0.433 e. The van der Waals surface area contributed by atoms with Crippen LogP contribution in [0, 0.1) is 18.3 Å². The van der Waals surface area contributed by atoms with E-state index in [2.05, 4.69) is 15.0 Å². The van der Waals surface area contributed by atoms with Crippen molar-refractivity contribution in [2.75, 3.05) is 0 Å². The zero-order valence-electron chi connectivity index (χ0n) is 21.9. The van der Waals surface area contributed by atoms with E-state index >= 15 is 0 Å². The molecule has 2 aromatic heterocycles. The number of quaternary nitrogens is 1. The summed E-state index contributed by atoms with van der Waals surface area (Å²) in [6.07, 6.45) is -5.70. The van der Waals surface area contributed by atoms with E-state index in [0.717, 1.165) is 28.3 Å². The van der Waals surface area contributed by atoms with Gasteiger partial charge in [0.05, 0.1) is 4.88 Å². The van der Waals surface area contributed by atoms with E-state index in [1.807, 2.05) is 39.0 Å². The van der Waals surface area contributed by atoms with E-state index in [0.29, 0.717) is 30.0 Å². The van der Waals surface area contributed by atoms with Crippen LogP contribution in [0.1, 0.15) is 54.2 Å². The van der Waals surface area contributed by atoms with Gasteiger partial charge in [-0.2, -0.15) is 36.3 Å². The molecule has 0 radical (unpaired) electrons. The first-order valence-corrected chi connectivity index (χ1v) is 12.9. The number of aliphatic carboxylic acids is 1. The van der Waals surface area contributed by atoms with Crippen molar-refractivity contribution in [1.82, 2.24) is 15.0 Å². The van der Waals surface area contributed by atoms with Gasteiger partial charge in [-0.05, 0) is 36.0 Å². The van der Waals surface area contributed by atoms with Crippen LogP contribution in [0.25, 0.3) is 10.4 Å². The first kappa shape index (κ1) is 31.8. The van der Waals surface area contributed by atoms with Gasteiger partial charge in [0.2, 0.25) is 0 Å². The molecule has 2 heterocycles. The maximum absolute atomic E-state index is 13.2. The Morgan fingerprint density at radius 1 is 1.10 bits per heavy atom. The molecule has 1 unspecified atom stereocenters. The van der Waals surface area contributed by atoms with Crippen molar-refractivity contribution in [3.63, 3.8) is 0 Å². The van der Waals surface area contributed by atoms with Gasteiger partial charge in [0.15, 0.2) is 16.5 Å². The molecule has 1 aromatic carbocycles. The number of nitrogens with two attached hydrogens (primary N) is 1. The van der Waals surface area contributed by atoms with Crippen LogP contribution in [-0.4, -0.2) is 38.7 Å². The van der Waals surface area contributed by atoms with E-state index in [1.165, 1.54) is 16.7 Å². The third kappa shape index (κ3) is 8.39. The second kappa shape index (κ2) is 12.0. The second-order valence-electron chi connectivity index (χ2n) is 10.0. The highest BCUT2D eigenvalue weighted by Crippen LogP contribution is 2.42. The highest BCUT2D eigenvalue weighted by molar-refractivity contribution is 7.17. The standard InChI is InChI=1S/C24H23F3N4O2S.C2HF3O2/c1-13-8-14(10-15(9-13)30-22-28-7-6-19(31-22)24(25,26)27)18-12-29-21(34-18)20(33)17-5-4-16(32)11-23(17,2)3;3-2(4,5)1(6)7/h6-10,12,17H,4-5,11H2,1-3H3,(H,28,30,31);(H,6,7). The number of nitrogens with zero attached hydrogens (tertiary/aromatic N) is 3. The SMILES string of the molecule is Cc1cc([NH2+]c2nccc(C(F)(F)F)n2)cc(-c2cnc(C(=O)C3CCC(=O)CC3(C)C)s2)c1.O=C([O-])C(F)(F)F. The number of aryl methyl sites for hydroxylation is 1. The number of ketones is 2. The number of hydrogen-bond donors (Lipinski definition) is 1. The van der Waals surface area contributed by atoms with Crippen LogP contribution >= 0.6 is 11.3 Å². The molecule has 1 aliphatic carbocycles. The summed E-state index contributed by atoms with van der Waals surface area (Å²) in [5.74, 6) is -3.18. The summed E-state index contributed by atoms with van der Waals surface area (Å²) in [5, 5.41) is 10.7. The Morgan fingerprint density at radius 3 is 2.34 bits per heavy atom. The number of Topliss-reactive ketones (excluding diaryl/α,β-unsaturated/α-hetero) is 2. The summed E-state index contributed by atoms with van der Waals surface area (Å²) < 4.78 is 70.5. The van der Waals surface area contributed by atoms with E-state index in [-0.39, 0.29) is 23.4 Å². The van der Waals surface area contributed by atoms with Crippen LogP contribution in [0.3, 0.4) is 0 Å². The van der Waals surface area contributed by atoms with Crippen LogP contribution < -0.4 is 10.4 Å². The summed E-state index contributed by atoms with van der Waals surface area (Å²) in [5.41, 5.74) is 0.924. The molecule has 4 rings (SSSR count). The van der Waals surface area contributed by atoms with Crippen LogP contribution in [0.2, 0.25) is 0 Å². The van der Waals surface area contributed by atoms with Gasteiger partial charge in [-0.3, -0.25) is 9.59 Å². The lowest BCUT2D eigenvalue weighted by molar-refractivity contribution is -0.487. The van der Waals surface area contributed by atoms with Crippen molar-refractivity contribution in [2.24, 2.45) is 11.3 Å². The van der Waals surface area contributed by atoms with E-state index in [1.54, 1.807) is 6.20 Å². The highest BCUT2D eigenvalue weighted by atomic mass is 32.1. The van der Waals surface area contributed by atoms with E-state index in [9.17, 15) is 35.9 Å².